The molecule has 0 fully saturated rings. The lowest BCUT2D eigenvalue weighted by Crippen LogP contribution is -2.29. The zero-order valence-corrected chi connectivity index (χ0v) is 15.3. The first-order chi connectivity index (χ1) is 12.5. The van der Waals surface area contributed by atoms with Crippen molar-refractivity contribution in [2.75, 3.05) is 7.05 Å². The highest BCUT2D eigenvalue weighted by atomic mass is 32.1. The van der Waals surface area contributed by atoms with Gasteiger partial charge >= 0.3 is 0 Å². The van der Waals surface area contributed by atoms with Crippen LogP contribution in [0.3, 0.4) is 0 Å². The maximum atomic E-state index is 12.9. The number of aromatic amines is 2. The molecule has 3 aromatic heterocycles. The van der Waals surface area contributed by atoms with E-state index in [0.717, 1.165) is 18.5 Å². The van der Waals surface area contributed by atoms with Crippen LogP contribution in [0.25, 0.3) is 10.2 Å². The van der Waals surface area contributed by atoms with Crippen molar-refractivity contribution >= 4 is 33.2 Å². The first kappa shape index (κ1) is 16.7. The highest BCUT2D eigenvalue weighted by molar-refractivity contribution is 7.17. The standard InChI is InChI=1S/C18H18N4O3S/c1-9-14-10(4-3-5-12(14)23)20-15(9)18(25)22(2)8-13-19-11-6-7-26-16(11)17(24)21-13/h6-7,20H,3-5,8H2,1-2H3,(H,19,21,24). The van der Waals surface area contributed by atoms with Gasteiger partial charge in [0.25, 0.3) is 11.5 Å². The normalized spacial score (nSPS) is 13.8. The molecule has 1 aliphatic carbocycles. The molecule has 1 aliphatic rings. The first-order valence-electron chi connectivity index (χ1n) is 8.42. The van der Waals surface area contributed by atoms with E-state index in [1.807, 2.05) is 5.38 Å². The van der Waals surface area contributed by atoms with E-state index in [1.165, 1.54) is 16.2 Å². The number of aromatic nitrogens is 3. The summed E-state index contributed by atoms with van der Waals surface area (Å²) < 4.78 is 0.578. The van der Waals surface area contributed by atoms with E-state index in [1.54, 1.807) is 20.0 Å². The van der Waals surface area contributed by atoms with Gasteiger partial charge in [-0.05, 0) is 36.8 Å². The van der Waals surface area contributed by atoms with E-state index < -0.39 is 0 Å². The third kappa shape index (κ3) is 2.66. The van der Waals surface area contributed by atoms with Gasteiger partial charge in [-0.3, -0.25) is 14.4 Å². The number of nitrogens with zero attached hydrogens (tertiary/aromatic N) is 2. The fourth-order valence-electron chi connectivity index (χ4n) is 3.47. The molecule has 3 aromatic rings. The number of carbonyl (C=O) groups is 2. The number of fused-ring (bicyclic) bond motifs is 2. The molecule has 0 bridgehead atoms. The Kier molecular flexibility index (Phi) is 3.99. The predicted octanol–water partition coefficient (Wildman–Crippen LogP) is 2.41. The number of hydrogen-bond donors (Lipinski definition) is 2. The second-order valence-electron chi connectivity index (χ2n) is 6.56. The van der Waals surface area contributed by atoms with Gasteiger partial charge in [0.1, 0.15) is 16.2 Å². The van der Waals surface area contributed by atoms with Crippen LogP contribution in [0.15, 0.2) is 16.2 Å². The van der Waals surface area contributed by atoms with Gasteiger partial charge in [0, 0.05) is 24.7 Å². The van der Waals surface area contributed by atoms with Crippen LogP contribution in [0.1, 0.15) is 50.8 Å². The number of amides is 1. The number of hydrogen-bond acceptors (Lipinski definition) is 5. The highest BCUT2D eigenvalue weighted by Gasteiger charge is 2.27. The summed E-state index contributed by atoms with van der Waals surface area (Å²) in [7, 11) is 1.65. The van der Waals surface area contributed by atoms with Gasteiger partial charge in [-0.1, -0.05) is 0 Å². The number of carbonyl (C=O) groups excluding carboxylic acids is 2. The minimum absolute atomic E-state index is 0.0932. The van der Waals surface area contributed by atoms with Crippen LogP contribution < -0.4 is 5.56 Å². The molecule has 26 heavy (non-hydrogen) atoms. The van der Waals surface area contributed by atoms with Gasteiger partial charge in [-0.25, -0.2) is 4.98 Å². The molecule has 3 heterocycles. The summed E-state index contributed by atoms with van der Waals surface area (Å²) in [4.78, 5) is 48.8. The fourth-order valence-corrected chi connectivity index (χ4v) is 4.20. The Morgan fingerprint density at radius 3 is 2.88 bits per heavy atom. The van der Waals surface area contributed by atoms with Crippen molar-refractivity contribution < 1.29 is 9.59 Å². The lowest BCUT2D eigenvalue weighted by molar-refractivity contribution is 0.0775. The van der Waals surface area contributed by atoms with Crippen molar-refractivity contribution in [2.45, 2.75) is 32.7 Å². The lowest BCUT2D eigenvalue weighted by atomic mass is 9.94. The van der Waals surface area contributed by atoms with Gasteiger partial charge in [0.15, 0.2) is 5.78 Å². The van der Waals surface area contributed by atoms with Gasteiger partial charge < -0.3 is 14.9 Å². The SMILES string of the molecule is Cc1c(C(=O)N(C)Cc2nc3ccsc3c(=O)[nH]2)[nH]c2c1C(=O)CCC2. The molecule has 1 amide bonds. The molecule has 0 spiro atoms. The zero-order valence-electron chi connectivity index (χ0n) is 14.5. The van der Waals surface area contributed by atoms with E-state index in [2.05, 4.69) is 15.0 Å². The smallest absolute Gasteiger partial charge is 0.270 e. The van der Waals surface area contributed by atoms with Gasteiger partial charge in [-0.2, -0.15) is 0 Å². The second-order valence-corrected chi connectivity index (χ2v) is 7.48. The maximum Gasteiger partial charge on any atom is 0.270 e. The molecule has 0 saturated heterocycles. The van der Waals surface area contributed by atoms with Crippen molar-refractivity contribution in [1.82, 2.24) is 19.9 Å². The molecule has 0 radical (unpaired) electrons. The Labute approximate surface area is 153 Å². The lowest BCUT2D eigenvalue weighted by Gasteiger charge is -2.16. The van der Waals surface area contributed by atoms with Crippen molar-refractivity contribution in [3.63, 3.8) is 0 Å². The predicted molar refractivity (Wildman–Crippen MR) is 98.8 cm³/mol. The van der Waals surface area contributed by atoms with E-state index in [0.29, 0.717) is 39.3 Å². The van der Waals surface area contributed by atoms with Crippen LogP contribution in [0, 0.1) is 6.92 Å². The van der Waals surface area contributed by atoms with E-state index in [-0.39, 0.29) is 23.8 Å². The summed E-state index contributed by atoms with van der Waals surface area (Å²) in [5.41, 5.74) is 3.09. The van der Waals surface area contributed by atoms with Gasteiger partial charge in [0.05, 0.1) is 12.1 Å². The summed E-state index contributed by atoms with van der Waals surface area (Å²) in [6, 6.07) is 1.79. The number of H-pyrrole nitrogens is 2. The topological polar surface area (TPSA) is 98.9 Å². The quantitative estimate of drug-likeness (QED) is 0.739. The average molecular weight is 370 g/mol. The Balaban J connectivity index is 1.62. The summed E-state index contributed by atoms with van der Waals surface area (Å²) in [5.74, 6) is 0.301. The number of aryl methyl sites for hydroxylation is 1. The molecule has 0 saturated carbocycles. The van der Waals surface area contributed by atoms with Crippen molar-refractivity contribution in [3.05, 3.63) is 50.1 Å². The van der Waals surface area contributed by atoms with Crippen LogP contribution in [-0.4, -0.2) is 38.6 Å². The minimum atomic E-state index is -0.224. The monoisotopic (exact) mass is 370 g/mol. The number of nitrogens with one attached hydrogen (secondary N) is 2. The van der Waals surface area contributed by atoms with E-state index >= 15 is 0 Å². The maximum absolute atomic E-state index is 12.9. The van der Waals surface area contributed by atoms with Crippen LogP contribution >= 0.6 is 11.3 Å². The molecule has 134 valence electrons. The summed E-state index contributed by atoms with van der Waals surface area (Å²) in [6.07, 6.45) is 2.12. The van der Waals surface area contributed by atoms with Crippen LogP contribution in [0.5, 0.6) is 0 Å². The molecule has 8 heteroatoms. The Bertz CT molecular complexity index is 1090. The Hall–Kier alpha value is -2.74. The van der Waals surface area contributed by atoms with Crippen molar-refractivity contribution in [1.29, 1.82) is 0 Å². The molecule has 0 aromatic carbocycles. The summed E-state index contributed by atoms with van der Waals surface area (Å²) in [5, 5.41) is 1.81. The molecular formula is C18H18N4O3S. The van der Waals surface area contributed by atoms with Gasteiger partial charge in [0.2, 0.25) is 0 Å². The molecular weight excluding hydrogens is 352 g/mol. The molecule has 0 unspecified atom stereocenters. The van der Waals surface area contributed by atoms with E-state index in [9.17, 15) is 14.4 Å². The third-order valence-corrected chi connectivity index (χ3v) is 5.65. The molecule has 0 atom stereocenters. The number of ketones is 1. The number of Topliss-reactive ketones (excluding diaryl/α,β-unsaturated/α-hetero) is 1. The zero-order chi connectivity index (χ0) is 18.4. The first-order valence-corrected chi connectivity index (χ1v) is 9.30. The second kappa shape index (κ2) is 6.21. The molecule has 7 nitrogen and oxygen atoms in total. The largest absolute Gasteiger partial charge is 0.354 e. The highest BCUT2D eigenvalue weighted by Crippen LogP contribution is 2.27. The number of rotatable bonds is 3. The Morgan fingerprint density at radius 2 is 2.12 bits per heavy atom. The third-order valence-electron chi connectivity index (χ3n) is 4.75. The van der Waals surface area contributed by atoms with Crippen LogP contribution in [-0.2, 0) is 13.0 Å². The average Bonchev–Trinajstić information content (AvgIpc) is 3.20. The minimum Gasteiger partial charge on any atom is -0.354 e. The molecule has 2 N–H and O–H groups in total. The van der Waals surface area contributed by atoms with E-state index in [4.69, 9.17) is 0 Å². The fraction of sp³-hybridized carbons (Fsp3) is 0.333. The Morgan fingerprint density at radius 1 is 1.31 bits per heavy atom. The van der Waals surface area contributed by atoms with Crippen molar-refractivity contribution in [3.8, 4) is 0 Å². The molecule has 0 aliphatic heterocycles. The summed E-state index contributed by atoms with van der Waals surface area (Å²) in [6.45, 7) is 1.98. The number of thiophene rings is 1. The van der Waals surface area contributed by atoms with Crippen LogP contribution in [0.4, 0.5) is 0 Å². The molecule has 4 rings (SSSR count). The summed E-state index contributed by atoms with van der Waals surface area (Å²) >= 11 is 1.34. The van der Waals surface area contributed by atoms with Crippen LogP contribution in [0.2, 0.25) is 0 Å². The van der Waals surface area contributed by atoms with Crippen molar-refractivity contribution in [2.24, 2.45) is 0 Å². The van der Waals surface area contributed by atoms with Gasteiger partial charge in [-0.15, -0.1) is 11.3 Å².